The zero-order valence-corrected chi connectivity index (χ0v) is 7.72. The molecule has 6 nitrogen and oxygen atoms in total. The van der Waals surface area contributed by atoms with Crippen molar-refractivity contribution in [3.63, 3.8) is 0 Å². The lowest BCUT2D eigenvalue weighted by Gasteiger charge is -2.16. The van der Waals surface area contributed by atoms with Gasteiger partial charge in [-0.25, -0.2) is 10.8 Å². The van der Waals surface area contributed by atoms with Gasteiger partial charge in [-0.2, -0.15) is 0 Å². The van der Waals surface area contributed by atoms with E-state index in [2.05, 4.69) is 15.4 Å². The van der Waals surface area contributed by atoms with E-state index in [1.54, 1.807) is 12.4 Å². The lowest BCUT2D eigenvalue weighted by Crippen LogP contribution is -2.23. The quantitative estimate of drug-likeness (QED) is 0.428. The zero-order valence-electron chi connectivity index (χ0n) is 7.72. The maximum Gasteiger partial charge on any atom is 0.160 e. The lowest BCUT2D eigenvalue weighted by atomic mass is 10.3. The van der Waals surface area contributed by atoms with Crippen LogP contribution in [0.25, 0.3) is 0 Å². The average molecular weight is 195 g/mol. The van der Waals surface area contributed by atoms with Gasteiger partial charge in [-0.1, -0.05) is 0 Å². The Labute approximate surface area is 81.7 Å². The van der Waals surface area contributed by atoms with Gasteiger partial charge in [0.05, 0.1) is 18.5 Å². The van der Waals surface area contributed by atoms with E-state index < -0.39 is 0 Å². The molecule has 76 valence electrons. The molecule has 0 saturated carbocycles. The smallest absolute Gasteiger partial charge is 0.160 e. The molecule has 6 heteroatoms. The van der Waals surface area contributed by atoms with Crippen LogP contribution in [0.1, 0.15) is 6.42 Å². The van der Waals surface area contributed by atoms with E-state index in [0.717, 1.165) is 18.8 Å². The van der Waals surface area contributed by atoms with Gasteiger partial charge in [0.2, 0.25) is 0 Å². The van der Waals surface area contributed by atoms with E-state index in [1.807, 2.05) is 4.90 Å². The topological polar surface area (TPSA) is 87.3 Å². The SMILES string of the molecule is NNc1cncc(N2CCC(O)C2)n1. The number of anilines is 2. The predicted molar refractivity (Wildman–Crippen MR) is 52.7 cm³/mol. The van der Waals surface area contributed by atoms with Crippen LogP contribution in [0.15, 0.2) is 12.4 Å². The van der Waals surface area contributed by atoms with Gasteiger partial charge in [-0.05, 0) is 6.42 Å². The van der Waals surface area contributed by atoms with E-state index >= 15 is 0 Å². The Kier molecular flexibility index (Phi) is 2.47. The fourth-order valence-corrected chi connectivity index (χ4v) is 1.53. The number of aliphatic hydroxyl groups excluding tert-OH is 1. The van der Waals surface area contributed by atoms with E-state index in [1.165, 1.54) is 0 Å². The van der Waals surface area contributed by atoms with Gasteiger partial charge < -0.3 is 15.4 Å². The molecule has 1 atom stereocenters. The van der Waals surface area contributed by atoms with Gasteiger partial charge >= 0.3 is 0 Å². The van der Waals surface area contributed by atoms with Crippen molar-refractivity contribution in [3.8, 4) is 0 Å². The molecule has 14 heavy (non-hydrogen) atoms. The summed E-state index contributed by atoms with van der Waals surface area (Å²) in [5, 5.41) is 9.36. The molecule has 1 fully saturated rings. The van der Waals surface area contributed by atoms with E-state index in [9.17, 15) is 5.11 Å². The summed E-state index contributed by atoms with van der Waals surface area (Å²) in [5.41, 5.74) is 2.44. The summed E-state index contributed by atoms with van der Waals surface area (Å²) >= 11 is 0. The second kappa shape index (κ2) is 3.77. The second-order valence-electron chi connectivity index (χ2n) is 3.30. The van der Waals surface area contributed by atoms with Crippen LogP contribution in [-0.2, 0) is 0 Å². The Bertz CT molecular complexity index is 318. The summed E-state index contributed by atoms with van der Waals surface area (Å²) in [4.78, 5) is 10.2. The minimum atomic E-state index is -0.258. The number of nitrogens with two attached hydrogens (primary N) is 1. The molecule has 1 saturated heterocycles. The molecule has 1 aromatic heterocycles. The molecule has 0 aliphatic carbocycles. The molecule has 0 spiro atoms. The third-order valence-electron chi connectivity index (χ3n) is 2.26. The molecule has 1 unspecified atom stereocenters. The van der Waals surface area contributed by atoms with Gasteiger partial charge in [0.25, 0.3) is 0 Å². The number of aliphatic hydroxyl groups is 1. The molecule has 1 aliphatic rings. The van der Waals surface area contributed by atoms with Crippen molar-refractivity contribution in [1.82, 2.24) is 9.97 Å². The zero-order chi connectivity index (χ0) is 9.97. The number of hydrazine groups is 1. The molecule has 2 rings (SSSR count). The minimum Gasteiger partial charge on any atom is -0.391 e. The second-order valence-corrected chi connectivity index (χ2v) is 3.30. The highest BCUT2D eigenvalue weighted by atomic mass is 16.3. The van der Waals surface area contributed by atoms with Crippen LogP contribution in [0.3, 0.4) is 0 Å². The Morgan fingerprint density at radius 2 is 2.43 bits per heavy atom. The number of hydrogen-bond donors (Lipinski definition) is 3. The highest BCUT2D eigenvalue weighted by Crippen LogP contribution is 2.17. The van der Waals surface area contributed by atoms with Crippen LogP contribution in [0.2, 0.25) is 0 Å². The number of nitrogens with zero attached hydrogens (tertiary/aromatic N) is 3. The lowest BCUT2D eigenvalue weighted by molar-refractivity contribution is 0.198. The van der Waals surface area contributed by atoms with Crippen LogP contribution in [0.4, 0.5) is 11.6 Å². The first kappa shape index (κ1) is 9.17. The number of rotatable bonds is 2. The van der Waals surface area contributed by atoms with Crippen molar-refractivity contribution in [1.29, 1.82) is 0 Å². The third-order valence-corrected chi connectivity index (χ3v) is 2.26. The fraction of sp³-hybridized carbons (Fsp3) is 0.500. The number of hydrogen-bond acceptors (Lipinski definition) is 6. The first-order valence-corrected chi connectivity index (χ1v) is 4.51. The van der Waals surface area contributed by atoms with Crippen molar-refractivity contribution in [3.05, 3.63) is 12.4 Å². The van der Waals surface area contributed by atoms with Gasteiger partial charge in [0.15, 0.2) is 5.82 Å². The molecule has 4 N–H and O–H groups in total. The van der Waals surface area contributed by atoms with Crippen LogP contribution >= 0.6 is 0 Å². The van der Waals surface area contributed by atoms with Gasteiger partial charge in [-0.3, -0.25) is 4.98 Å². The first-order valence-electron chi connectivity index (χ1n) is 4.51. The largest absolute Gasteiger partial charge is 0.391 e. The standard InChI is InChI=1S/C8H13N5O/c9-12-7-3-10-4-8(11-7)13-2-1-6(14)5-13/h3-4,6,14H,1-2,5,9H2,(H,11,12). The highest BCUT2D eigenvalue weighted by Gasteiger charge is 2.21. The van der Waals surface area contributed by atoms with Crippen molar-refractivity contribution < 1.29 is 5.11 Å². The molecular formula is C8H13N5O. The van der Waals surface area contributed by atoms with E-state index in [4.69, 9.17) is 5.84 Å². The first-order chi connectivity index (χ1) is 6.79. The van der Waals surface area contributed by atoms with Crippen molar-refractivity contribution in [2.45, 2.75) is 12.5 Å². The monoisotopic (exact) mass is 195 g/mol. The molecule has 2 heterocycles. The maximum absolute atomic E-state index is 9.36. The number of nitrogens with one attached hydrogen (secondary N) is 1. The average Bonchev–Trinajstić information content (AvgIpc) is 2.65. The highest BCUT2D eigenvalue weighted by molar-refractivity contribution is 5.44. The fourth-order valence-electron chi connectivity index (χ4n) is 1.53. The van der Waals surface area contributed by atoms with Crippen LogP contribution in [0, 0.1) is 0 Å². The van der Waals surface area contributed by atoms with Gasteiger partial charge in [0.1, 0.15) is 5.82 Å². The van der Waals surface area contributed by atoms with Crippen molar-refractivity contribution in [2.75, 3.05) is 23.4 Å². The number of aromatic nitrogens is 2. The summed E-state index contributed by atoms with van der Waals surface area (Å²) in [6.45, 7) is 1.42. The maximum atomic E-state index is 9.36. The number of nitrogen functional groups attached to an aromatic ring is 1. The molecule has 0 bridgehead atoms. The van der Waals surface area contributed by atoms with Crippen LogP contribution in [0.5, 0.6) is 0 Å². The van der Waals surface area contributed by atoms with Crippen molar-refractivity contribution >= 4 is 11.6 Å². The summed E-state index contributed by atoms with van der Waals surface area (Å²) in [7, 11) is 0. The molecular weight excluding hydrogens is 182 g/mol. The Hall–Kier alpha value is -1.40. The minimum absolute atomic E-state index is 0.258. The predicted octanol–water partition coefficient (Wildman–Crippen LogP) is -0.667. The molecule has 1 aromatic rings. The van der Waals surface area contributed by atoms with E-state index in [-0.39, 0.29) is 6.10 Å². The molecule has 0 radical (unpaired) electrons. The Balaban J connectivity index is 2.15. The molecule has 0 amide bonds. The third kappa shape index (κ3) is 1.75. The molecule has 1 aliphatic heterocycles. The van der Waals surface area contributed by atoms with Gasteiger partial charge in [0, 0.05) is 13.1 Å². The summed E-state index contributed by atoms with van der Waals surface area (Å²) < 4.78 is 0. The number of β-amino-alcohol motifs (C(OH)–C–C–N with tert-alkyl or cyclic N) is 1. The Morgan fingerprint density at radius 3 is 3.07 bits per heavy atom. The Morgan fingerprint density at radius 1 is 1.57 bits per heavy atom. The van der Waals surface area contributed by atoms with Crippen molar-refractivity contribution in [2.24, 2.45) is 5.84 Å². The van der Waals surface area contributed by atoms with Crippen LogP contribution < -0.4 is 16.2 Å². The summed E-state index contributed by atoms with van der Waals surface area (Å²) in [6.07, 6.45) is 3.74. The normalized spacial score (nSPS) is 21.3. The molecule has 0 aromatic carbocycles. The summed E-state index contributed by atoms with van der Waals surface area (Å²) in [6, 6.07) is 0. The van der Waals surface area contributed by atoms with Crippen LogP contribution in [-0.4, -0.2) is 34.3 Å². The summed E-state index contributed by atoms with van der Waals surface area (Å²) in [5.74, 6) is 6.50. The van der Waals surface area contributed by atoms with Gasteiger partial charge in [-0.15, -0.1) is 0 Å². The van der Waals surface area contributed by atoms with E-state index in [0.29, 0.717) is 12.4 Å².